The number of rotatable bonds is 6. The number of nitrogens with zero attached hydrogens (tertiary/aromatic N) is 1. The number of likely N-dealkylation sites (tertiary alicyclic amines) is 1. The molecule has 0 aromatic rings. The van der Waals surface area contributed by atoms with Gasteiger partial charge in [0.15, 0.2) is 0 Å². The van der Waals surface area contributed by atoms with Crippen molar-refractivity contribution in [2.75, 3.05) is 32.8 Å². The third kappa shape index (κ3) is 6.56. The van der Waals surface area contributed by atoms with Crippen LogP contribution in [0.4, 0.5) is 13.2 Å². The fraction of sp³-hybridized carbons (Fsp3) is 0.923. The largest absolute Gasteiger partial charge is 0.401 e. The maximum atomic E-state index is 12.3. The Morgan fingerprint density at radius 2 is 2.00 bits per heavy atom. The van der Waals surface area contributed by atoms with Gasteiger partial charge in [0.2, 0.25) is 5.91 Å². The molecule has 0 aromatic carbocycles. The van der Waals surface area contributed by atoms with Crippen LogP contribution in [0.5, 0.6) is 0 Å². The van der Waals surface area contributed by atoms with Crippen molar-refractivity contribution in [1.29, 1.82) is 0 Å². The van der Waals surface area contributed by atoms with Gasteiger partial charge in [-0.3, -0.25) is 9.69 Å². The molecule has 1 aliphatic rings. The summed E-state index contributed by atoms with van der Waals surface area (Å²) >= 11 is 0. The van der Waals surface area contributed by atoms with Crippen molar-refractivity contribution in [3.8, 4) is 0 Å². The average Bonchev–Trinajstić information content (AvgIpc) is 2.35. The summed E-state index contributed by atoms with van der Waals surface area (Å²) in [5.74, 6) is 0.0575. The summed E-state index contributed by atoms with van der Waals surface area (Å²) in [6, 6.07) is -0.0315. The van der Waals surface area contributed by atoms with Crippen LogP contribution in [0.1, 0.15) is 26.7 Å². The van der Waals surface area contributed by atoms with Gasteiger partial charge in [-0.25, -0.2) is 0 Å². The van der Waals surface area contributed by atoms with E-state index >= 15 is 0 Å². The van der Waals surface area contributed by atoms with Gasteiger partial charge in [-0.05, 0) is 45.7 Å². The first kappa shape index (κ1) is 17.2. The molecule has 1 amide bonds. The van der Waals surface area contributed by atoms with Gasteiger partial charge in [0.05, 0.1) is 6.54 Å². The molecule has 1 saturated heterocycles. The minimum absolute atomic E-state index is 0.0315. The van der Waals surface area contributed by atoms with Crippen molar-refractivity contribution in [1.82, 2.24) is 10.2 Å². The fourth-order valence-electron chi connectivity index (χ4n) is 2.47. The number of hydrogen-bond donors (Lipinski definition) is 1. The Balaban J connectivity index is 2.28. The second-order valence-electron chi connectivity index (χ2n) is 5.22. The van der Waals surface area contributed by atoms with Crippen LogP contribution in [-0.2, 0) is 9.53 Å². The van der Waals surface area contributed by atoms with E-state index < -0.39 is 12.7 Å². The van der Waals surface area contributed by atoms with E-state index in [0.717, 1.165) is 0 Å². The summed E-state index contributed by atoms with van der Waals surface area (Å²) in [6.45, 7) is 4.24. The maximum absolute atomic E-state index is 12.3. The monoisotopic (exact) mass is 296 g/mol. The lowest BCUT2D eigenvalue weighted by molar-refractivity contribution is -0.148. The predicted octanol–water partition coefficient (Wildman–Crippen LogP) is 1.80. The molecule has 20 heavy (non-hydrogen) atoms. The van der Waals surface area contributed by atoms with Crippen molar-refractivity contribution >= 4 is 5.91 Å². The van der Waals surface area contributed by atoms with Crippen LogP contribution in [0.3, 0.4) is 0 Å². The minimum atomic E-state index is -4.13. The zero-order valence-corrected chi connectivity index (χ0v) is 12.0. The third-order valence-corrected chi connectivity index (χ3v) is 3.57. The number of nitrogens with one attached hydrogen (secondary N) is 1. The zero-order valence-electron chi connectivity index (χ0n) is 12.0. The Morgan fingerprint density at radius 3 is 2.50 bits per heavy atom. The smallest absolute Gasteiger partial charge is 0.372 e. The van der Waals surface area contributed by atoms with Gasteiger partial charge in [-0.2, -0.15) is 13.2 Å². The fourth-order valence-corrected chi connectivity index (χ4v) is 2.47. The van der Waals surface area contributed by atoms with Crippen molar-refractivity contribution in [2.45, 2.75) is 38.9 Å². The van der Waals surface area contributed by atoms with Crippen LogP contribution < -0.4 is 5.32 Å². The van der Waals surface area contributed by atoms with E-state index in [4.69, 9.17) is 4.74 Å². The highest BCUT2D eigenvalue weighted by atomic mass is 19.4. The van der Waals surface area contributed by atoms with Gasteiger partial charge < -0.3 is 10.1 Å². The van der Waals surface area contributed by atoms with Crippen molar-refractivity contribution in [3.05, 3.63) is 0 Å². The zero-order chi connectivity index (χ0) is 15.2. The summed E-state index contributed by atoms with van der Waals surface area (Å²) in [6.07, 6.45) is -2.79. The number of carbonyl (C=O) groups excluding carboxylic acids is 1. The van der Waals surface area contributed by atoms with Crippen molar-refractivity contribution in [2.24, 2.45) is 5.92 Å². The van der Waals surface area contributed by atoms with E-state index in [1.165, 1.54) is 4.90 Å². The van der Waals surface area contributed by atoms with E-state index in [2.05, 4.69) is 5.32 Å². The van der Waals surface area contributed by atoms with E-state index in [9.17, 15) is 18.0 Å². The molecular weight excluding hydrogens is 273 g/mol. The number of amides is 1. The molecule has 1 rings (SSSR count). The number of ether oxygens (including phenoxy) is 1. The van der Waals surface area contributed by atoms with Crippen LogP contribution in [-0.4, -0.2) is 55.9 Å². The topological polar surface area (TPSA) is 41.6 Å². The van der Waals surface area contributed by atoms with Gasteiger partial charge in [0, 0.05) is 12.6 Å². The lowest BCUT2D eigenvalue weighted by Crippen LogP contribution is -2.46. The summed E-state index contributed by atoms with van der Waals surface area (Å²) in [4.78, 5) is 12.9. The van der Waals surface area contributed by atoms with Crippen LogP contribution >= 0.6 is 0 Å². The Hall–Kier alpha value is -0.820. The summed E-state index contributed by atoms with van der Waals surface area (Å²) < 4.78 is 41.8. The second kappa shape index (κ2) is 7.83. The first-order chi connectivity index (χ1) is 9.31. The predicted molar refractivity (Wildman–Crippen MR) is 69.3 cm³/mol. The molecule has 1 aliphatic heterocycles. The molecule has 1 heterocycles. The molecule has 4 nitrogen and oxygen atoms in total. The lowest BCUT2D eigenvalue weighted by atomic mass is 9.90. The Labute approximate surface area is 117 Å². The Kier molecular flexibility index (Phi) is 6.75. The molecule has 0 saturated carbocycles. The SMILES string of the molecule is CCOCC(=O)N[C@H](C)C1CCN(CC(F)(F)F)CC1. The van der Waals surface area contributed by atoms with Crippen LogP contribution in [0.25, 0.3) is 0 Å². The highest BCUT2D eigenvalue weighted by molar-refractivity contribution is 5.77. The van der Waals surface area contributed by atoms with Gasteiger partial charge in [-0.1, -0.05) is 0 Å². The number of carbonyl (C=O) groups is 1. The molecule has 0 aliphatic carbocycles. The number of hydrogen-bond acceptors (Lipinski definition) is 3. The molecule has 0 spiro atoms. The van der Waals surface area contributed by atoms with Gasteiger partial charge in [0.1, 0.15) is 6.61 Å². The summed E-state index contributed by atoms with van der Waals surface area (Å²) in [5, 5.41) is 2.84. The average molecular weight is 296 g/mol. The normalized spacial score (nSPS) is 19.9. The quantitative estimate of drug-likeness (QED) is 0.812. The molecule has 0 aromatic heterocycles. The first-order valence-corrected chi connectivity index (χ1v) is 6.98. The van der Waals surface area contributed by atoms with Crippen molar-refractivity contribution < 1.29 is 22.7 Å². The summed E-state index contributed by atoms with van der Waals surface area (Å²) in [5.41, 5.74) is 0. The van der Waals surface area contributed by atoms with E-state index in [1.807, 2.05) is 13.8 Å². The summed E-state index contributed by atoms with van der Waals surface area (Å²) in [7, 11) is 0. The van der Waals surface area contributed by atoms with Gasteiger partial charge in [0.25, 0.3) is 0 Å². The van der Waals surface area contributed by atoms with Crippen LogP contribution in [0, 0.1) is 5.92 Å². The molecule has 1 N–H and O–H groups in total. The molecule has 0 radical (unpaired) electrons. The third-order valence-electron chi connectivity index (χ3n) is 3.57. The van der Waals surface area contributed by atoms with Gasteiger partial charge >= 0.3 is 6.18 Å². The van der Waals surface area contributed by atoms with Gasteiger partial charge in [-0.15, -0.1) is 0 Å². The molecule has 1 fully saturated rings. The van der Waals surface area contributed by atoms with E-state index in [1.54, 1.807) is 0 Å². The van der Waals surface area contributed by atoms with E-state index in [-0.39, 0.29) is 24.5 Å². The van der Waals surface area contributed by atoms with Crippen LogP contribution in [0.15, 0.2) is 0 Å². The standard InChI is InChI=1S/C13H23F3N2O2/c1-3-20-8-12(19)17-10(2)11-4-6-18(7-5-11)9-13(14,15)16/h10-11H,3-9H2,1-2H3,(H,17,19)/t10-/m1/s1. The molecule has 0 bridgehead atoms. The molecule has 7 heteroatoms. The number of alkyl halides is 3. The lowest BCUT2D eigenvalue weighted by Gasteiger charge is -2.35. The maximum Gasteiger partial charge on any atom is 0.401 e. The highest BCUT2D eigenvalue weighted by Gasteiger charge is 2.33. The minimum Gasteiger partial charge on any atom is -0.372 e. The van der Waals surface area contributed by atoms with Crippen molar-refractivity contribution in [3.63, 3.8) is 0 Å². The molecule has 0 unspecified atom stereocenters. The Morgan fingerprint density at radius 1 is 1.40 bits per heavy atom. The molecule has 118 valence electrons. The number of piperidine rings is 1. The second-order valence-corrected chi connectivity index (χ2v) is 5.22. The first-order valence-electron chi connectivity index (χ1n) is 6.98. The molecular formula is C13H23F3N2O2. The van der Waals surface area contributed by atoms with Crippen LogP contribution in [0.2, 0.25) is 0 Å². The number of halogens is 3. The van der Waals surface area contributed by atoms with E-state index in [0.29, 0.717) is 32.5 Å². The molecule has 1 atom stereocenters. The Bertz CT molecular complexity index is 302. The highest BCUT2D eigenvalue weighted by Crippen LogP contribution is 2.24.